The Morgan fingerprint density at radius 2 is 1.94 bits per heavy atom. The first-order valence-corrected chi connectivity index (χ1v) is 6.47. The quantitative estimate of drug-likeness (QED) is 0.474. The molecule has 0 bridgehead atoms. The van der Waals surface area contributed by atoms with E-state index in [0.717, 1.165) is 18.4 Å². The Morgan fingerprint density at radius 1 is 1.17 bits per heavy atom. The summed E-state index contributed by atoms with van der Waals surface area (Å²) in [7, 11) is 0. The second kappa shape index (κ2) is 6.85. The highest BCUT2D eigenvalue weighted by Crippen LogP contribution is 2.23. The van der Waals surface area contributed by atoms with Gasteiger partial charge in [0.05, 0.1) is 12.7 Å². The van der Waals surface area contributed by atoms with Crippen LogP contribution in [0.3, 0.4) is 0 Å². The minimum atomic E-state index is -0.401. The van der Waals surface area contributed by atoms with E-state index in [0.29, 0.717) is 25.6 Å². The standard InChI is InChI=1S/C14H21NO3/c15-13-7-6-12(8-14(13)16)10-18-17-9-11-4-2-1-3-5-11/h1-5,12-14,16H,6-10,15H2/t12-,13+,14+/m1/s1. The van der Waals surface area contributed by atoms with Crippen LogP contribution < -0.4 is 5.73 Å². The fourth-order valence-corrected chi connectivity index (χ4v) is 2.23. The van der Waals surface area contributed by atoms with E-state index in [1.165, 1.54) is 0 Å². The Labute approximate surface area is 108 Å². The largest absolute Gasteiger partial charge is 0.392 e. The molecule has 0 aromatic heterocycles. The molecule has 0 saturated heterocycles. The minimum absolute atomic E-state index is 0.0773. The van der Waals surface area contributed by atoms with Gasteiger partial charge < -0.3 is 10.8 Å². The van der Waals surface area contributed by atoms with Crippen LogP contribution in [0.15, 0.2) is 30.3 Å². The van der Waals surface area contributed by atoms with Crippen molar-refractivity contribution in [1.82, 2.24) is 0 Å². The van der Waals surface area contributed by atoms with Gasteiger partial charge >= 0.3 is 0 Å². The number of rotatable bonds is 5. The van der Waals surface area contributed by atoms with Gasteiger partial charge in [-0.15, -0.1) is 0 Å². The molecule has 3 atom stereocenters. The maximum absolute atomic E-state index is 9.66. The summed E-state index contributed by atoms with van der Waals surface area (Å²) in [6.07, 6.45) is 2.15. The molecule has 0 heterocycles. The average Bonchev–Trinajstić information content (AvgIpc) is 2.40. The topological polar surface area (TPSA) is 64.7 Å². The van der Waals surface area contributed by atoms with E-state index < -0.39 is 6.10 Å². The molecule has 1 saturated carbocycles. The maximum atomic E-state index is 9.66. The first kappa shape index (κ1) is 13.5. The van der Waals surface area contributed by atoms with E-state index in [1.54, 1.807) is 0 Å². The van der Waals surface area contributed by atoms with Crippen LogP contribution in [0.4, 0.5) is 0 Å². The summed E-state index contributed by atoms with van der Waals surface area (Å²) >= 11 is 0. The molecule has 1 aromatic rings. The highest BCUT2D eigenvalue weighted by molar-refractivity contribution is 5.13. The minimum Gasteiger partial charge on any atom is -0.392 e. The number of hydrogen-bond acceptors (Lipinski definition) is 4. The van der Waals surface area contributed by atoms with Gasteiger partial charge in [0.1, 0.15) is 6.61 Å². The predicted molar refractivity (Wildman–Crippen MR) is 68.5 cm³/mol. The van der Waals surface area contributed by atoms with Crippen molar-refractivity contribution in [2.75, 3.05) is 6.61 Å². The zero-order chi connectivity index (χ0) is 12.8. The molecule has 4 heteroatoms. The van der Waals surface area contributed by atoms with Gasteiger partial charge in [-0.25, -0.2) is 9.78 Å². The van der Waals surface area contributed by atoms with Crippen molar-refractivity contribution in [3.05, 3.63) is 35.9 Å². The third kappa shape index (κ3) is 4.07. The third-order valence-corrected chi connectivity index (χ3v) is 3.43. The molecule has 18 heavy (non-hydrogen) atoms. The average molecular weight is 251 g/mol. The van der Waals surface area contributed by atoms with Gasteiger partial charge in [-0.2, -0.15) is 0 Å². The van der Waals surface area contributed by atoms with Crippen LogP contribution in [0, 0.1) is 5.92 Å². The fraction of sp³-hybridized carbons (Fsp3) is 0.571. The van der Waals surface area contributed by atoms with E-state index in [9.17, 15) is 5.11 Å². The van der Waals surface area contributed by atoms with Crippen LogP contribution >= 0.6 is 0 Å². The molecule has 3 N–H and O–H groups in total. The fourth-order valence-electron chi connectivity index (χ4n) is 2.23. The number of hydrogen-bond donors (Lipinski definition) is 2. The van der Waals surface area contributed by atoms with E-state index in [-0.39, 0.29) is 6.04 Å². The summed E-state index contributed by atoms with van der Waals surface area (Å²) in [5.74, 6) is 0.343. The molecule has 1 aromatic carbocycles. The SMILES string of the molecule is N[C@H]1CC[C@@H](COOCc2ccccc2)C[C@@H]1O. The lowest BCUT2D eigenvalue weighted by Crippen LogP contribution is -2.41. The number of benzene rings is 1. The zero-order valence-electron chi connectivity index (χ0n) is 10.5. The normalized spacial score (nSPS) is 28.2. The molecule has 100 valence electrons. The van der Waals surface area contributed by atoms with Crippen LogP contribution in [-0.4, -0.2) is 23.9 Å². The number of aliphatic hydroxyl groups excluding tert-OH is 1. The van der Waals surface area contributed by atoms with Gasteiger partial charge in [0.15, 0.2) is 0 Å². The number of aliphatic hydroxyl groups is 1. The molecule has 0 aliphatic heterocycles. The van der Waals surface area contributed by atoms with Gasteiger partial charge in [-0.3, -0.25) is 0 Å². The van der Waals surface area contributed by atoms with Crippen LogP contribution in [0.1, 0.15) is 24.8 Å². The number of nitrogens with two attached hydrogens (primary N) is 1. The monoisotopic (exact) mass is 251 g/mol. The summed E-state index contributed by atoms with van der Waals surface area (Å²) in [6, 6.07) is 9.82. The molecular weight excluding hydrogens is 230 g/mol. The van der Waals surface area contributed by atoms with Crippen molar-refractivity contribution < 1.29 is 14.9 Å². The van der Waals surface area contributed by atoms with Crippen molar-refractivity contribution in [3.8, 4) is 0 Å². The maximum Gasteiger partial charge on any atom is 0.107 e. The van der Waals surface area contributed by atoms with Gasteiger partial charge in [0.25, 0.3) is 0 Å². The molecule has 1 aliphatic carbocycles. The lowest BCUT2D eigenvalue weighted by atomic mass is 9.85. The Balaban J connectivity index is 1.61. The smallest absolute Gasteiger partial charge is 0.107 e. The first-order valence-electron chi connectivity index (χ1n) is 6.47. The lowest BCUT2D eigenvalue weighted by Gasteiger charge is -2.30. The molecule has 1 aliphatic rings. The van der Waals surface area contributed by atoms with Crippen LogP contribution in [0.5, 0.6) is 0 Å². The molecule has 4 nitrogen and oxygen atoms in total. The summed E-state index contributed by atoms with van der Waals surface area (Å²) in [4.78, 5) is 10.4. The molecule has 1 fully saturated rings. The Hall–Kier alpha value is -0.940. The molecular formula is C14H21NO3. The highest BCUT2D eigenvalue weighted by atomic mass is 17.2. The molecule has 0 amide bonds. The van der Waals surface area contributed by atoms with Crippen LogP contribution in [0.2, 0.25) is 0 Å². The van der Waals surface area contributed by atoms with Crippen molar-refractivity contribution in [1.29, 1.82) is 0 Å². The molecule has 2 rings (SSSR count). The van der Waals surface area contributed by atoms with Gasteiger partial charge in [0, 0.05) is 6.04 Å². The van der Waals surface area contributed by atoms with E-state index in [1.807, 2.05) is 30.3 Å². The highest BCUT2D eigenvalue weighted by Gasteiger charge is 2.26. The van der Waals surface area contributed by atoms with Crippen molar-refractivity contribution in [2.24, 2.45) is 11.7 Å². The van der Waals surface area contributed by atoms with Crippen LogP contribution in [-0.2, 0) is 16.4 Å². The van der Waals surface area contributed by atoms with Gasteiger partial charge in [-0.1, -0.05) is 30.3 Å². The van der Waals surface area contributed by atoms with Gasteiger partial charge in [0.2, 0.25) is 0 Å². The predicted octanol–water partition coefficient (Wildman–Crippen LogP) is 1.62. The summed E-state index contributed by atoms with van der Waals surface area (Å²) in [5.41, 5.74) is 6.84. The second-order valence-corrected chi connectivity index (χ2v) is 4.94. The summed E-state index contributed by atoms with van der Waals surface area (Å²) < 4.78 is 0. The van der Waals surface area contributed by atoms with Gasteiger partial charge in [-0.05, 0) is 30.7 Å². The second-order valence-electron chi connectivity index (χ2n) is 4.94. The lowest BCUT2D eigenvalue weighted by molar-refractivity contribution is -0.312. The Kier molecular flexibility index (Phi) is 5.13. The Morgan fingerprint density at radius 3 is 2.67 bits per heavy atom. The summed E-state index contributed by atoms with van der Waals surface area (Å²) in [6.45, 7) is 0.978. The van der Waals surface area contributed by atoms with Crippen LogP contribution in [0.25, 0.3) is 0 Å². The summed E-state index contributed by atoms with van der Waals surface area (Å²) in [5, 5.41) is 9.66. The third-order valence-electron chi connectivity index (χ3n) is 3.43. The van der Waals surface area contributed by atoms with E-state index >= 15 is 0 Å². The van der Waals surface area contributed by atoms with Crippen molar-refractivity contribution >= 4 is 0 Å². The molecule has 0 spiro atoms. The van der Waals surface area contributed by atoms with E-state index in [2.05, 4.69) is 0 Å². The van der Waals surface area contributed by atoms with E-state index in [4.69, 9.17) is 15.5 Å². The zero-order valence-corrected chi connectivity index (χ0v) is 10.5. The van der Waals surface area contributed by atoms with Crippen molar-refractivity contribution in [2.45, 2.75) is 38.0 Å². The molecule has 0 unspecified atom stereocenters. The Bertz CT molecular complexity index is 344. The van der Waals surface area contributed by atoms with Crippen molar-refractivity contribution in [3.63, 3.8) is 0 Å². The first-order chi connectivity index (χ1) is 8.75. The molecule has 0 radical (unpaired) electrons.